The van der Waals surface area contributed by atoms with E-state index in [1.54, 1.807) is 0 Å². The van der Waals surface area contributed by atoms with E-state index >= 15 is 0 Å². The van der Waals surface area contributed by atoms with E-state index in [2.05, 4.69) is 17.1 Å². The number of aryl methyl sites for hydroxylation is 1. The third kappa shape index (κ3) is 2.57. The van der Waals surface area contributed by atoms with Crippen LogP contribution in [0.5, 0.6) is 0 Å². The van der Waals surface area contributed by atoms with Crippen LogP contribution in [0.25, 0.3) is 0 Å². The Morgan fingerprint density at radius 2 is 2.07 bits per heavy atom. The first-order chi connectivity index (χ1) is 7.27. The van der Waals surface area contributed by atoms with Crippen LogP contribution in [0.2, 0.25) is 0 Å². The fraction of sp³-hybridized carbons (Fsp3) is 0.615. The molecule has 2 heteroatoms. The summed E-state index contributed by atoms with van der Waals surface area (Å²) in [6, 6.07) is 4.40. The van der Waals surface area contributed by atoms with Gasteiger partial charge in [-0.2, -0.15) is 0 Å². The van der Waals surface area contributed by atoms with Gasteiger partial charge in [-0.3, -0.25) is 4.98 Å². The van der Waals surface area contributed by atoms with E-state index in [-0.39, 0.29) is 6.04 Å². The lowest BCUT2D eigenvalue weighted by Gasteiger charge is -2.27. The molecule has 1 fully saturated rings. The Morgan fingerprint density at radius 1 is 1.33 bits per heavy atom. The Bertz CT molecular complexity index is 316. The van der Waals surface area contributed by atoms with E-state index < -0.39 is 0 Å². The van der Waals surface area contributed by atoms with Crippen molar-refractivity contribution in [2.45, 2.75) is 45.1 Å². The second-order valence-electron chi connectivity index (χ2n) is 4.65. The minimum absolute atomic E-state index is 0.215. The Hall–Kier alpha value is -0.890. The molecule has 1 heterocycles. The van der Waals surface area contributed by atoms with Crippen molar-refractivity contribution in [3.8, 4) is 0 Å². The summed E-state index contributed by atoms with van der Waals surface area (Å²) in [5.74, 6) is 0.681. The standard InChI is InChI=1S/C13H20N2/c1-10-9-12(7-8-15-10)13(14)11-5-3-2-4-6-11/h7-9,11,13H,2-6,14H2,1H3. The molecule has 0 bridgehead atoms. The summed E-state index contributed by atoms with van der Waals surface area (Å²) in [5.41, 5.74) is 8.64. The van der Waals surface area contributed by atoms with Gasteiger partial charge in [0.05, 0.1) is 0 Å². The van der Waals surface area contributed by atoms with Gasteiger partial charge in [0.15, 0.2) is 0 Å². The van der Waals surface area contributed by atoms with E-state index in [0.29, 0.717) is 5.92 Å². The predicted molar refractivity (Wildman–Crippen MR) is 62.5 cm³/mol. The lowest BCUT2D eigenvalue weighted by molar-refractivity contribution is 0.308. The topological polar surface area (TPSA) is 38.9 Å². The first kappa shape index (κ1) is 10.6. The smallest absolute Gasteiger partial charge is 0.0375 e. The van der Waals surface area contributed by atoms with Crippen LogP contribution in [0.1, 0.15) is 49.4 Å². The molecule has 15 heavy (non-hydrogen) atoms. The zero-order valence-corrected chi connectivity index (χ0v) is 9.45. The van der Waals surface area contributed by atoms with Crippen molar-refractivity contribution in [3.63, 3.8) is 0 Å². The summed E-state index contributed by atoms with van der Waals surface area (Å²) in [5, 5.41) is 0. The van der Waals surface area contributed by atoms with Crippen molar-refractivity contribution in [1.29, 1.82) is 0 Å². The number of nitrogens with zero attached hydrogens (tertiary/aromatic N) is 1. The van der Waals surface area contributed by atoms with Crippen LogP contribution in [0.3, 0.4) is 0 Å². The molecule has 0 aromatic carbocycles. The fourth-order valence-corrected chi connectivity index (χ4v) is 2.54. The maximum absolute atomic E-state index is 6.31. The van der Waals surface area contributed by atoms with Crippen LogP contribution in [-0.2, 0) is 0 Å². The van der Waals surface area contributed by atoms with Crippen LogP contribution >= 0.6 is 0 Å². The highest BCUT2D eigenvalue weighted by atomic mass is 14.7. The summed E-state index contributed by atoms with van der Waals surface area (Å²) in [7, 11) is 0. The van der Waals surface area contributed by atoms with Gasteiger partial charge in [0.2, 0.25) is 0 Å². The Labute approximate surface area is 91.9 Å². The Kier molecular flexibility index (Phi) is 3.37. The fourth-order valence-electron chi connectivity index (χ4n) is 2.54. The summed E-state index contributed by atoms with van der Waals surface area (Å²) in [6.45, 7) is 2.02. The van der Waals surface area contributed by atoms with E-state index in [9.17, 15) is 0 Å². The highest BCUT2D eigenvalue weighted by molar-refractivity contribution is 5.19. The van der Waals surface area contributed by atoms with Crippen LogP contribution in [-0.4, -0.2) is 4.98 Å². The first-order valence-electron chi connectivity index (χ1n) is 5.95. The Balaban J connectivity index is 2.08. The Morgan fingerprint density at radius 3 is 2.73 bits per heavy atom. The molecule has 1 saturated carbocycles. The molecule has 2 nitrogen and oxygen atoms in total. The van der Waals surface area contributed by atoms with Gasteiger partial charge in [-0.05, 0) is 43.4 Å². The van der Waals surface area contributed by atoms with Crippen molar-refractivity contribution >= 4 is 0 Å². The van der Waals surface area contributed by atoms with Gasteiger partial charge in [0.25, 0.3) is 0 Å². The number of pyridine rings is 1. The van der Waals surface area contributed by atoms with E-state index in [0.717, 1.165) is 5.69 Å². The summed E-state index contributed by atoms with van der Waals surface area (Å²) in [4.78, 5) is 4.21. The predicted octanol–water partition coefficient (Wildman–Crippen LogP) is 2.97. The quantitative estimate of drug-likeness (QED) is 0.804. The van der Waals surface area contributed by atoms with Gasteiger partial charge in [-0.15, -0.1) is 0 Å². The van der Waals surface area contributed by atoms with E-state index in [1.807, 2.05) is 13.1 Å². The molecule has 1 aromatic rings. The molecule has 2 rings (SSSR count). The normalized spacial score (nSPS) is 20.1. The van der Waals surface area contributed by atoms with Gasteiger partial charge in [-0.1, -0.05) is 19.3 Å². The number of rotatable bonds is 2. The molecule has 82 valence electrons. The number of hydrogen-bond acceptors (Lipinski definition) is 2. The highest BCUT2D eigenvalue weighted by Crippen LogP contribution is 2.32. The second kappa shape index (κ2) is 4.75. The minimum atomic E-state index is 0.215. The molecule has 2 N–H and O–H groups in total. The molecule has 1 atom stereocenters. The van der Waals surface area contributed by atoms with E-state index in [4.69, 9.17) is 5.73 Å². The molecular weight excluding hydrogens is 184 g/mol. The molecule has 0 aliphatic heterocycles. The van der Waals surface area contributed by atoms with Gasteiger partial charge in [0, 0.05) is 17.9 Å². The molecular formula is C13H20N2. The van der Waals surface area contributed by atoms with Crippen LogP contribution in [0.4, 0.5) is 0 Å². The van der Waals surface area contributed by atoms with Crippen LogP contribution in [0.15, 0.2) is 18.3 Å². The summed E-state index contributed by atoms with van der Waals surface area (Å²) in [6.07, 6.45) is 8.54. The molecule has 0 radical (unpaired) electrons. The molecule has 0 spiro atoms. The molecule has 1 aliphatic rings. The molecule has 1 unspecified atom stereocenters. The number of aromatic nitrogens is 1. The minimum Gasteiger partial charge on any atom is -0.324 e. The average molecular weight is 204 g/mol. The van der Waals surface area contributed by atoms with Crippen molar-refractivity contribution in [2.24, 2.45) is 11.7 Å². The summed E-state index contributed by atoms with van der Waals surface area (Å²) < 4.78 is 0. The monoisotopic (exact) mass is 204 g/mol. The summed E-state index contributed by atoms with van der Waals surface area (Å²) >= 11 is 0. The number of nitrogens with two attached hydrogens (primary N) is 1. The maximum Gasteiger partial charge on any atom is 0.0375 e. The third-order valence-electron chi connectivity index (χ3n) is 3.46. The SMILES string of the molecule is Cc1cc(C(N)C2CCCCC2)ccn1. The lowest BCUT2D eigenvalue weighted by atomic mass is 9.82. The van der Waals surface area contributed by atoms with Crippen molar-refractivity contribution in [1.82, 2.24) is 4.98 Å². The van der Waals surface area contributed by atoms with Crippen molar-refractivity contribution < 1.29 is 0 Å². The lowest BCUT2D eigenvalue weighted by Crippen LogP contribution is -2.23. The van der Waals surface area contributed by atoms with Crippen LogP contribution in [0, 0.1) is 12.8 Å². The molecule has 0 amide bonds. The third-order valence-corrected chi connectivity index (χ3v) is 3.46. The molecule has 0 saturated heterocycles. The van der Waals surface area contributed by atoms with Gasteiger partial charge in [0.1, 0.15) is 0 Å². The first-order valence-corrected chi connectivity index (χ1v) is 5.95. The average Bonchev–Trinajstić information content (AvgIpc) is 2.29. The highest BCUT2D eigenvalue weighted by Gasteiger charge is 2.21. The van der Waals surface area contributed by atoms with Gasteiger partial charge in [-0.25, -0.2) is 0 Å². The van der Waals surface area contributed by atoms with Gasteiger partial charge < -0.3 is 5.73 Å². The zero-order chi connectivity index (χ0) is 10.7. The second-order valence-corrected chi connectivity index (χ2v) is 4.65. The number of hydrogen-bond donors (Lipinski definition) is 1. The van der Waals surface area contributed by atoms with Crippen molar-refractivity contribution in [2.75, 3.05) is 0 Å². The van der Waals surface area contributed by atoms with E-state index in [1.165, 1.54) is 37.7 Å². The van der Waals surface area contributed by atoms with Crippen molar-refractivity contribution in [3.05, 3.63) is 29.6 Å². The zero-order valence-electron chi connectivity index (χ0n) is 9.45. The maximum atomic E-state index is 6.31. The van der Waals surface area contributed by atoms with Crippen LogP contribution < -0.4 is 5.73 Å². The largest absolute Gasteiger partial charge is 0.324 e. The molecule has 1 aromatic heterocycles. The van der Waals surface area contributed by atoms with Gasteiger partial charge >= 0.3 is 0 Å². The molecule has 1 aliphatic carbocycles.